The molecule has 1 amide bonds. The van der Waals surface area contributed by atoms with E-state index in [4.69, 9.17) is 0 Å². The van der Waals surface area contributed by atoms with Crippen LogP contribution < -0.4 is 9.62 Å². The van der Waals surface area contributed by atoms with E-state index < -0.39 is 27.8 Å². The Kier molecular flexibility index (Phi) is 6.77. The van der Waals surface area contributed by atoms with Crippen LogP contribution in [0.1, 0.15) is 18.5 Å². The molecular formula is C24H23F3N6O3S2. The van der Waals surface area contributed by atoms with Gasteiger partial charge in [0.25, 0.3) is 10.0 Å². The van der Waals surface area contributed by atoms with Gasteiger partial charge in [-0.25, -0.2) is 18.4 Å². The molecule has 0 aliphatic carbocycles. The summed E-state index contributed by atoms with van der Waals surface area (Å²) in [6.07, 6.45) is -0.0652. The quantitative estimate of drug-likeness (QED) is 0.377. The van der Waals surface area contributed by atoms with Crippen LogP contribution in [0.4, 0.5) is 24.1 Å². The van der Waals surface area contributed by atoms with Crippen LogP contribution in [0.15, 0.2) is 65.3 Å². The van der Waals surface area contributed by atoms with Crippen molar-refractivity contribution in [1.29, 1.82) is 0 Å². The van der Waals surface area contributed by atoms with Crippen LogP contribution in [0.25, 0.3) is 10.9 Å². The number of fused-ring (bicyclic) bond motifs is 1. The van der Waals surface area contributed by atoms with Gasteiger partial charge < -0.3 is 14.4 Å². The molecule has 14 heteroatoms. The first-order chi connectivity index (χ1) is 18.0. The van der Waals surface area contributed by atoms with E-state index in [1.165, 1.54) is 35.9 Å². The predicted octanol–water partition coefficient (Wildman–Crippen LogP) is 4.22. The van der Waals surface area contributed by atoms with Crippen molar-refractivity contribution in [2.45, 2.75) is 24.0 Å². The fourth-order valence-electron chi connectivity index (χ4n) is 4.37. The summed E-state index contributed by atoms with van der Waals surface area (Å²) in [4.78, 5) is 25.1. The first kappa shape index (κ1) is 26.0. The average molecular weight is 565 g/mol. The SMILES string of the molecule is C[C@H](C(=O)N1CCN(c2ccc(S(=O)(=O)Nc3nccs3)cn2)CC1)n1ccc2ccc(C(F)(F)F)cc21. The second-order valence-electron chi connectivity index (χ2n) is 8.78. The summed E-state index contributed by atoms with van der Waals surface area (Å²) in [5.74, 6) is 0.386. The predicted molar refractivity (Wildman–Crippen MR) is 138 cm³/mol. The summed E-state index contributed by atoms with van der Waals surface area (Å²) in [5.41, 5.74) is -0.411. The third-order valence-electron chi connectivity index (χ3n) is 6.43. The summed E-state index contributed by atoms with van der Waals surface area (Å²) in [7, 11) is -3.81. The maximum Gasteiger partial charge on any atom is 0.416 e. The molecule has 0 unspecified atom stereocenters. The van der Waals surface area contributed by atoms with Gasteiger partial charge in [0.1, 0.15) is 16.8 Å². The van der Waals surface area contributed by atoms with Crippen molar-refractivity contribution >= 4 is 49.1 Å². The lowest BCUT2D eigenvalue weighted by atomic mass is 10.1. The van der Waals surface area contributed by atoms with Crippen LogP contribution in [0.5, 0.6) is 0 Å². The Bertz CT molecular complexity index is 1550. The number of aromatic nitrogens is 3. The number of amides is 1. The Morgan fingerprint density at radius 3 is 2.47 bits per heavy atom. The molecule has 1 aromatic carbocycles. The summed E-state index contributed by atoms with van der Waals surface area (Å²) in [6, 6.07) is 7.59. The van der Waals surface area contributed by atoms with Crippen molar-refractivity contribution in [2.24, 2.45) is 0 Å². The highest BCUT2D eigenvalue weighted by Crippen LogP contribution is 2.33. The van der Waals surface area contributed by atoms with E-state index >= 15 is 0 Å². The lowest BCUT2D eigenvalue weighted by Gasteiger charge is -2.36. The van der Waals surface area contributed by atoms with Crippen molar-refractivity contribution in [1.82, 2.24) is 19.4 Å². The first-order valence-corrected chi connectivity index (χ1v) is 14.0. The van der Waals surface area contributed by atoms with Crippen LogP contribution in [-0.2, 0) is 21.0 Å². The second kappa shape index (κ2) is 9.91. The molecule has 1 N–H and O–H groups in total. The van der Waals surface area contributed by atoms with E-state index in [9.17, 15) is 26.4 Å². The molecule has 4 aromatic rings. The molecular weight excluding hydrogens is 541 g/mol. The molecule has 0 bridgehead atoms. The van der Waals surface area contributed by atoms with Gasteiger partial charge in [-0.15, -0.1) is 11.3 Å². The van der Waals surface area contributed by atoms with E-state index in [0.717, 1.165) is 12.1 Å². The van der Waals surface area contributed by atoms with Crippen molar-refractivity contribution in [2.75, 3.05) is 35.8 Å². The third-order valence-corrected chi connectivity index (χ3v) is 8.57. The summed E-state index contributed by atoms with van der Waals surface area (Å²) >= 11 is 1.17. The molecule has 5 rings (SSSR count). The number of sulfonamides is 1. The lowest BCUT2D eigenvalue weighted by Crippen LogP contribution is -2.50. The number of alkyl halides is 3. The topological polar surface area (TPSA) is 100 Å². The smallest absolute Gasteiger partial charge is 0.353 e. The van der Waals surface area contributed by atoms with E-state index in [2.05, 4.69) is 14.7 Å². The molecule has 0 radical (unpaired) electrons. The molecule has 0 spiro atoms. The molecule has 1 aliphatic heterocycles. The third kappa shape index (κ3) is 5.18. The molecule has 1 saturated heterocycles. The molecule has 9 nitrogen and oxygen atoms in total. The maximum absolute atomic E-state index is 13.2. The number of piperazine rings is 1. The number of thiazole rings is 1. The molecule has 200 valence electrons. The Labute approximate surface area is 220 Å². The van der Waals surface area contributed by atoms with Crippen LogP contribution >= 0.6 is 11.3 Å². The zero-order valence-corrected chi connectivity index (χ0v) is 21.7. The maximum atomic E-state index is 13.2. The molecule has 0 saturated carbocycles. The fourth-order valence-corrected chi connectivity index (χ4v) is 6.10. The minimum absolute atomic E-state index is 0.00622. The average Bonchev–Trinajstić information content (AvgIpc) is 3.56. The number of hydrogen-bond acceptors (Lipinski definition) is 7. The standard InChI is InChI=1S/C24H23F3N6O3S2/c1-16(33-8-6-17-2-3-18(14-20(17)33)24(25,26)27)22(34)32-11-9-31(10-12-32)21-5-4-19(15-29-21)38(35,36)30-23-28-7-13-37-23/h2-8,13-16H,9-12H2,1H3,(H,28,30)/t16-/m1/s1. The number of rotatable bonds is 6. The zero-order valence-electron chi connectivity index (χ0n) is 20.1. The lowest BCUT2D eigenvalue weighted by molar-refractivity contribution is -0.137. The minimum atomic E-state index is -4.47. The highest BCUT2D eigenvalue weighted by atomic mass is 32.2. The van der Waals surface area contributed by atoms with E-state index in [1.54, 1.807) is 40.1 Å². The number of hydrogen-bond donors (Lipinski definition) is 1. The van der Waals surface area contributed by atoms with Gasteiger partial charge in [0.15, 0.2) is 5.13 Å². The Morgan fingerprint density at radius 1 is 1.08 bits per heavy atom. The summed E-state index contributed by atoms with van der Waals surface area (Å²) in [6.45, 7) is 3.40. The van der Waals surface area contributed by atoms with Crippen molar-refractivity contribution < 1.29 is 26.4 Å². The number of anilines is 2. The molecule has 4 heterocycles. The summed E-state index contributed by atoms with van der Waals surface area (Å²) < 4.78 is 68.6. The van der Waals surface area contributed by atoms with Crippen molar-refractivity contribution in [3.8, 4) is 0 Å². The van der Waals surface area contributed by atoms with Gasteiger partial charge in [-0.1, -0.05) is 6.07 Å². The van der Waals surface area contributed by atoms with Gasteiger partial charge in [0, 0.05) is 55.7 Å². The largest absolute Gasteiger partial charge is 0.416 e. The number of carbonyl (C=O) groups is 1. The van der Waals surface area contributed by atoms with Gasteiger partial charge >= 0.3 is 6.18 Å². The monoisotopic (exact) mass is 564 g/mol. The van der Waals surface area contributed by atoms with Crippen LogP contribution in [0.3, 0.4) is 0 Å². The van der Waals surface area contributed by atoms with E-state index in [1.807, 2.05) is 4.90 Å². The van der Waals surface area contributed by atoms with Crippen molar-refractivity contribution in [3.05, 3.63) is 65.9 Å². The normalized spacial score (nSPS) is 15.6. The number of nitrogens with one attached hydrogen (secondary N) is 1. The molecule has 1 fully saturated rings. The zero-order chi connectivity index (χ0) is 27.1. The molecule has 1 atom stereocenters. The fraction of sp³-hybridized carbons (Fsp3) is 0.292. The van der Waals surface area contributed by atoms with Crippen LogP contribution in [0, 0.1) is 0 Å². The summed E-state index contributed by atoms with van der Waals surface area (Å²) in [5, 5.41) is 2.55. The molecule has 3 aromatic heterocycles. The second-order valence-corrected chi connectivity index (χ2v) is 11.4. The van der Waals surface area contributed by atoms with Gasteiger partial charge in [-0.05, 0) is 42.6 Å². The van der Waals surface area contributed by atoms with E-state index in [0.29, 0.717) is 42.9 Å². The van der Waals surface area contributed by atoms with Crippen LogP contribution in [0.2, 0.25) is 0 Å². The number of halogens is 3. The number of carbonyl (C=O) groups excluding carboxylic acids is 1. The molecule has 38 heavy (non-hydrogen) atoms. The number of nitrogens with zero attached hydrogens (tertiary/aromatic N) is 5. The molecule has 1 aliphatic rings. The highest BCUT2D eigenvalue weighted by molar-refractivity contribution is 7.93. The highest BCUT2D eigenvalue weighted by Gasteiger charge is 2.32. The number of benzene rings is 1. The van der Waals surface area contributed by atoms with E-state index in [-0.39, 0.29) is 15.9 Å². The van der Waals surface area contributed by atoms with Crippen molar-refractivity contribution in [3.63, 3.8) is 0 Å². The van der Waals surface area contributed by atoms with Gasteiger partial charge in [-0.2, -0.15) is 13.2 Å². The van der Waals surface area contributed by atoms with Gasteiger partial charge in [0.05, 0.1) is 5.56 Å². The number of pyridine rings is 1. The van der Waals surface area contributed by atoms with Gasteiger partial charge in [-0.3, -0.25) is 9.52 Å². The van der Waals surface area contributed by atoms with Gasteiger partial charge in [0.2, 0.25) is 5.91 Å². The van der Waals surface area contributed by atoms with Crippen LogP contribution in [-0.4, -0.2) is 59.9 Å². The minimum Gasteiger partial charge on any atom is -0.353 e. The Morgan fingerprint density at radius 2 is 1.84 bits per heavy atom. The Hall–Kier alpha value is -3.65. The Balaban J connectivity index is 1.23. The first-order valence-electron chi connectivity index (χ1n) is 11.6.